The summed E-state index contributed by atoms with van der Waals surface area (Å²) in [4.78, 5) is 33.3. The molecule has 0 bridgehead atoms. The third-order valence-electron chi connectivity index (χ3n) is 6.47. The van der Waals surface area contributed by atoms with Crippen LogP contribution in [0.15, 0.2) is 30.3 Å². The van der Waals surface area contributed by atoms with Gasteiger partial charge in [-0.3, -0.25) is 14.5 Å². The fraction of sp³-hybridized carbons (Fsp3) is 0.636. The number of benzene rings is 1. The van der Waals surface area contributed by atoms with Crippen molar-refractivity contribution in [3.8, 4) is 0 Å². The second-order valence-electron chi connectivity index (χ2n) is 8.23. The number of rotatable bonds is 5. The zero-order chi connectivity index (χ0) is 19.3. The number of anilines is 1. The van der Waals surface area contributed by atoms with E-state index < -0.39 is 0 Å². The Morgan fingerprint density at radius 3 is 2.46 bits per heavy atom. The van der Waals surface area contributed by atoms with Crippen molar-refractivity contribution in [2.24, 2.45) is 0 Å². The van der Waals surface area contributed by atoms with Crippen molar-refractivity contribution in [3.63, 3.8) is 0 Å². The fourth-order valence-corrected chi connectivity index (χ4v) is 4.79. The summed E-state index contributed by atoms with van der Waals surface area (Å²) >= 11 is 0. The number of likely N-dealkylation sites (tertiary alicyclic amines) is 2. The maximum Gasteiger partial charge on any atom is 0.224 e. The normalized spacial score (nSPS) is 24.1. The van der Waals surface area contributed by atoms with Crippen molar-refractivity contribution in [2.45, 2.75) is 38.1 Å². The van der Waals surface area contributed by atoms with Gasteiger partial charge < -0.3 is 14.7 Å². The standard InChI is InChI=1S/C22H32N4O2/c27-21-9-5-11-25(21)13-10-22(28)26-12-4-8-20(18-26)24-16-14-23(15-17-24)19-6-2-1-3-7-19/h1-3,6-7,20H,4-5,8-18H2. The van der Waals surface area contributed by atoms with E-state index in [9.17, 15) is 9.59 Å². The van der Waals surface area contributed by atoms with Gasteiger partial charge in [-0.15, -0.1) is 0 Å². The van der Waals surface area contributed by atoms with Gasteiger partial charge in [0.05, 0.1) is 0 Å². The molecule has 28 heavy (non-hydrogen) atoms. The van der Waals surface area contributed by atoms with E-state index in [1.807, 2.05) is 9.80 Å². The van der Waals surface area contributed by atoms with Crippen LogP contribution in [-0.2, 0) is 9.59 Å². The van der Waals surface area contributed by atoms with Gasteiger partial charge in [-0.1, -0.05) is 18.2 Å². The smallest absolute Gasteiger partial charge is 0.224 e. The van der Waals surface area contributed by atoms with Gasteiger partial charge in [0.2, 0.25) is 11.8 Å². The summed E-state index contributed by atoms with van der Waals surface area (Å²) in [6, 6.07) is 11.1. The highest BCUT2D eigenvalue weighted by atomic mass is 16.2. The summed E-state index contributed by atoms with van der Waals surface area (Å²) in [6.07, 6.45) is 4.32. The van der Waals surface area contributed by atoms with E-state index >= 15 is 0 Å². The first-order valence-electron chi connectivity index (χ1n) is 10.8. The Bertz CT molecular complexity index is 672. The average Bonchev–Trinajstić information content (AvgIpc) is 3.17. The van der Waals surface area contributed by atoms with E-state index in [4.69, 9.17) is 0 Å². The molecular formula is C22H32N4O2. The molecule has 6 heteroatoms. The zero-order valence-corrected chi connectivity index (χ0v) is 16.8. The highest BCUT2D eigenvalue weighted by Crippen LogP contribution is 2.21. The van der Waals surface area contributed by atoms with Gasteiger partial charge in [0, 0.05) is 76.9 Å². The second kappa shape index (κ2) is 8.95. The Morgan fingerprint density at radius 1 is 0.964 bits per heavy atom. The minimum Gasteiger partial charge on any atom is -0.369 e. The molecule has 6 nitrogen and oxygen atoms in total. The fourth-order valence-electron chi connectivity index (χ4n) is 4.79. The van der Waals surface area contributed by atoms with Crippen molar-refractivity contribution in [3.05, 3.63) is 30.3 Å². The van der Waals surface area contributed by atoms with Gasteiger partial charge in [0.25, 0.3) is 0 Å². The lowest BCUT2D eigenvalue weighted by Crippen LogP contribution is -2.56. The van der Waals surface area contributed by atoms with E-state index in [-0.39, 0.29) is 11.8 Å². The summed E-state index contributed by atoms with van der Waals surface area (Å²) in [5.74, 6) is 0.424. The first-order chi connectivity index (χ1) is 13.7. The Labute approximate surface area is 168 Å². The molecule has 0 saturated carbocycles. The highest BCUT2D eigenvalue weighted by Gasteiger charge is 2.30. The quantitative estimate of drug-likeness (QED) is 0.777. The molecule has 0 N–H and O–H groups in total. The molecule has 1 atom stereocenters. The second-order valence-corrected chi connectivity index (χ2v) is 8.23. The molecule has 1 aromatic carbocycles. The first-order valence-corrected chi connectivity index (χ1v) is 10.8. The van der Waals surface area contributed by atoms with Crippen LogP contribution in [0, 0.1) is 0 Å². The summed E-state index contributed by atoms with van der Waals surface area (Å²) < 4.78 is 0. The molecule has 0 aliphatic carbocycles. The van der Waals surface area contributed by atoms with E-state index in [0.29, 0.717) is 25.4 Å². The SMILES string of the molecule is O=C1CCCN1CCC(=O)N1CCCC(N2CCN(c3ccccc3)CC2)C1. The van der Waals surface area contributed by atoms with Crippen molar-refractivity contribution in [1.29, 1.82) is 0 Å². The predicted octanol–water partition coefficient (Wildman–Crippen LogP) is 1.81. The third-order valence-corrected chi connectivity index (χ3v) is 6.47. The van der Waals surface area contributed by atoms with E-state index in [1.54, 1.807) is 0 Å². The lowest BCUT2D eigenvalue weighted by molar-refractivity contribution is -0.134. The van der Waals surface area contributed by atoms with E-state index in [2.05, 4.69) is 40.1 Å². The van der Waals surface area contributed by atoms with E-state index in [0.717, 1.165) is 58.7 Å². The molecule has 0 aromatic heterocycles. The topological polar surface area (TPSA) is 47.1 Å². The predicted molar refractivity (Wildman–Crippen MR) is 110 cm³/mol. The molecular weight excluding hydrogens is 352 g/mol. The van der Waals surface area contributed by atoms with Gasteiger partial charge in [-0.05, 0) is 31.4 Å². The summed E-state index contributed by atoms with van der Waals surface area (Å²) in [6.45, 7) is 7.34. The van der Waals surface area contributed by atoms with Crippen molar-refractivity contribution in [2.75, 3.05) is 57.3 Å². The molecule has 152 valence electrons. The molecule has 3 heterocycles. The maximum atomic E-state index is 12.7. The number of hydrogen-bond donors (Lipinski definition) is 0. The van der Waals surface area contributed by atoms with Crippen LogP contribution in [0.25, 0.3) is 0 Å². The van der Waals surface area contributed by atoms with Gasteiger partial charge in [-0.25, -0.2) is 0 Å². The molecule has 4 rings (SSSR count). The van der Waals surface area contributed by atoms with Crippen LogP contribution in [0.1, 0.15) is 32.1 Å². The van der Waals surface area contributed by atoms with Crippen LogP contribution in [-0.4, -0.2) is 84.9 Å². The molecule has 0 radical (unpaired) electrons. The Kier molecular flexibility index (Phi) is 6.15. The van der Waals surface area contributed by atoms with Gasteiger partial charge >= 0.3 is 0 Å². The first kappa shape index (κ1) is 19.2. The van der Waals surface area contributed by atoms with Crippen molar-refractivity contribution < 1.29 is 9.59 Å². The molecule has 3 saturated heterocycles. The molecule has 3 aliphatic heterocycles. The number of carbonyl (C=O) groups excluding carboxylic acids is 2. The number of para-hydroxylation sites is 1. The largest absolute Gasteiger partial charge is 0.369 e. The molecule has 2 amide bonds. The van der Waals surface area contributed by atoms with Crippen LogP contribution >= 0.6 is 0 Å². The lowest BCUT2D eigenvalue weighted by Gasteiger charge is -2.44. The Hall–Kier alpha value is -2.08. The van der Waals surface area contributed by atoms with Crippen LogP contribution < -0.4 is 4.90 Å². The Balaban J connectivity index is 1.25. The minimum atomic E-state index is 0.209. The van der Waals surface area contributed by atoms with Crippen LogP contribution in [0.2, 0.25) is 0 Å². The summed E-state index contributed by atoms with van der Waals surface area (Å²) in [5.41, 5.74) is 1.30. The average molecular weight is 385 g/mol. The number of piperidine rings is 1. The minimum absolute atomic E-state index is 0.209. The van der Waals surface area contributed by atoms with Crippen LogP contribution in [0.4, 0.5) is 5.69 Å². The number of carbonyl (C=O) groups is 2. The summed E-state index contributed by atoms with van der Waals surface area (Å²) in [5, 5.41) is 0. The van der Waals surface area contributed by atoms with E-state index in [1.165, 1.54) is 12.1 Å². The molecule has 1 unspecified atom stereocenters. The monoisotopic (exact) mass is 384 g/mol. The number of piperazine rings is 1. The van der Waals surface area contributed by atoms with Crippen molar-refractivity contribution in [1.82, 2.24) is 14.7 Å². The van der Waals surface area contributed by atoms with Gasteiger partial charge in [0.15, 0.2) is 0 Å². The van der Waals surface area contributed by atoms with Crippen molar-refractivity contribution >= 4 is 17.5 Å². The van der Waals surface area contributed by atoms with Crippen LogP contribution in [0.3, 0.4) is 0 Å². The summed E-state index contributed by atoms with van der Waals surface area (Å²) in [7, 11) is 0. The molecule has 3 fully saturated rings. The number of amides is 2. The maximum absolute atomic E-state index is 12.7. The highest BCUT2D eigenvalue weighted by molar-refractivity contribution is 5.80. The molecule has 1 aromatic rings. The number of hydrogen-bond acceptors (Lipinski definition) is 4. The zero-order valence-electron chi connectivity index (χ0n) is 16.8. The third kappa shape index (κ3) is 4.49. The molecule has 3 aliphatic rings. The Morgan fingerprint density at radius 2 is 1.75 bits per heavy atom. The molecule has 0 spiro atoms. The van der Waals surface area contributed by atoms with Crippen LogP contribution in [0.5, 0.6) is 0 Å². The van der Waals surface area contributed by atoms with Gasteiger partial charge in [-0.2, -0.15) is 0 Å². The lowest BCUT2D eigenvalue weighted by atomic mass is 10.0. The van der Waals surface area contributed by atoms with Gasteiger partial charge in [0.1, 0.15) is 0 Å². The number of nitrogens with zero attached hydrogens (tertiary/aromatic N) is 4.